The lowest BCUT2D eigenvalue weighted by atomic mass is 10.0. The summed E-state index contributed by atoms with van der Waals surface area (Å²) in [5.74, 6) is -0.520. The van der Waals surface area contributed by atoms with Crippen molar-refractivity contribution in [1.82, 2.24) is 0 Å². The summed E-state index contributed by atoms with van der Waals surface area (Å²) in [5, 5.41) is 4.15. The summed E-state index contributed by atoms with van der Waals surface area (Å²) in [5.41, 5.74) is 5.43. The minimum atomic E-state index is -0.493. The van der Waals surface area contributed by atoms with Gasteiger partial charge in [0.05, 0.1) is 25.5 Å². The van der Waals surface area contributed by atoms with Crippen LogP contribution < -0.4 is 10.1 Å². The van der Waals surface area contributed by atoms with Crippen molar-refractivity contribution in [3.05, 3.63) is 57.8 Å². The molecule has 0 bridgehead atoms. The van der Waals surface area contributed by atoms with E-state index in [1.165, 1.54) is 18.2 Å². The first-order valence-corrected chi connectivity index (χ1v) is 10.1. The number of esters is 1. The Labute approximate surface area is 179 Å². The number of halogens is 1. The topological polar surface area (TPSA) is 77.8 Å². The summed E-state index contributed by atoms with van der Waals surface area (Å²) in [7, 11) is 1.49. The molecule has 0 saturated carbocycles. The van der Waals surface area contributed by atoms with E-state index in [4.69, 9.17) is 25.5 Å². The fraction of sp³-hybridized carbons (Fsp3) is 0.304. The molecule has 156 valence electrons. The molecule has 0 spiro atoms. The second-order valence-corrected chi connectivity index (χ2v) is 7.83. The molecule has 3 aromatic rings. The van der Waals surface area contributed by atoms with Crippen LogP contribution in [0.2, 0.25) is 5.02 Å². The van der Waals surface area contributed by atoms with Crippen LogP contribution in [-0.4, -0.2) is 25.6 Å². The lowest BCUT2D eigenvalue weighted by Gasteiger charge is -2.12. The van der Waals surface area contributed by atoms with Gasteiger partial charge in [-0.3, -0.25) is 9.59 Å². The zero-order valence-electron chi connectivity index (χ0n) is 16.8. The number of carbonyl (C=O) groups is 2. The zero-order chi connectivity index (χ0) is 21.3. The second-order valence-electron chi connectivity index (χ2n) is 7.42. The van der Waals surface area contributed by atoms with Gasteiger partial charge in [-0.1, -0.05) is 11.6 Å². The number of carbonyl (C=O) groups excluding carboxylic acids is 2. The normalized spacial score (nSPS) is 12.6. The second kappa shape index (κ2) is 8.40. The molecule has 1 amide bonds. The van der Waals surface area contributed by atoms with Crippen LogP contribution in [0.1, 0.15) is 28.7 Å². The third-order valence-corrected chi connectivity index (χ3v) is 5.73. The van der Waals surface area contributed by atoms with Crippen molar-refractivity contribution in [2.75, 3.05) is 19.0 Å². The van der Waals surface area contributed by atoms with E-state index in [1.807, 2.05) is 6.92 Å². The van der Waals surface area contributed by atoms with Gasteiger partial charge in [0.2, 0.25) is 0 Å². The molecule has 0 fully saturated rings. The molecule has 6 nitrogen and oxygen atoms in total. The molecule has 0 atom stereocenters. The molecule has 1 aliphatic carbocycles. The number of benzene rings is 2. The smallest absolute Gasteiger partial charge is 0.310 e. The van der Waals surface area contributed by atoms with Gasteiger partial charge < -0.3 is 19.2 Å². The standard InChI is InChI=1S/C23H22ClNO5/c1-13-6-19(21(28-2)10-18(13)24)25-22(26)12-30-23(27)9-16-11-29-20-8-15-5-3-4-14(15)7-17(16)20/h6-8,10-11H,3-5,9,12H2,1-2H3,(H,25,26). The molecule has 2 aromatic carbocycles. The average molecular weight is 428 g/mol. The maximum absolute atomic E-state index is 12.3. The molecule has 1 aromatic heterocycles. The molecule has 1 aliphatic rings. The van der Waals surface area contributed by atoms with Crippen LogP contribution in [0, 0.1) is 6.92 Å². The fourth-order valence-electron chi connectivity index (χ4n) is 3.75. The highest BCUT2D eigenvalue weighted by Gasteiger charge is 2.18. The number of furan rings is 1. The predicted octanol–water partition coefficient (Wildman–Crippen LogP) is 4.62. The van der Waals surface area contributed by atoms with Crippen molar-refractivity contribution >= 4 is 40.1 Å². The largest absolute Gasteiger partial charge is 0.495 e. The van der Waals surface area contributed by atoms with E-state index in [-0.39, 0.29) is 6.42 Å². The fourth-order valence-corrected chi connectivity index (χ4v) is 3.91. The Morgan fingerprint density at radius 3 is 2.70 bits per heavy atom. The molecule has 4 rings (SSSR count). The van der Waals surface area contributed by atoms with Gasteiger partial charge in [0.15, 0.2) is 6.61 Å². The highest BCUT2D eigenvalue weighted by Crippen LogP contribution is 2.32. The van der Waals surface area contributed by atoms with Gasteiger partial charge in [-0.15, -0.1) is 0 Å². The molecular formula is C23H22ClNO5. The molecule has 30 heavy (non-hydrogen) atoms. The number of ether oxygens (including phenoxy) is 2. The van der Waals surface area contributed by atoms with E-state index in [1.54, 1.807) is 18.4 Å². The maximum Gasteiger partial charge on any atom is 0.310 e. The third kappa shape index (κ3) is 4.14. The lowest BCUT2D eigenvalue weighted by molar-refractivity contribution is -0.146. The molecule has 1 heterocycles. The number of hydrogen-bond acceptors (Lipinski definition) is 5. The monoisotopic (exact) mass is 427 g/mol. The predicted molar refractivity (Wildman–Crippen MR) is 114 cm³/mol. The SMILES string of the molecule is COc1cc(Cl)c(C)cc1NC(=O)COC(=O)Cc1coc2cc3c(cc12)CCC3. The summed E-state index contributed by atoms with van der Waals surface area (Å²) in [6, 6.07) is 7.49. The van der Waals surface area contributed by atoms with Crippen LogP contribution in [0.3, 0.4) is 0 Å². The quantitative estimate of drug-likeness (QED) is 0.581. The van der Waals surface area contributed by atoms with Crippen molar-refractivity contribution < 1.29 is 23.5 Å². The van der Waals surface area contributed by atoms with Gasteiger partial charge in [0.1, 0.15) is 11.3 Å². The van der Waals surface area contributed by atoms with Crippen molar-refractivity contribution in [3.63, 3.8) is 0 Å². The van der Waals surface area contributed by atoms with E-state index in [0.717, 1.165) is 41.4 Å². The maximum atomic E-state index is 12.3. The molecule has 1 N–H and O–H groups in total. The number of methoxy groups -OCH3 is 1. The highest BCUT2D eigenvalue weighted by molar-refractivity contribution is 6.31. The van der Waals surface area contributed by atoms with Crippen molar-refractivity contribution in [2.45, 2.75) is 32.6 Å². The van der Waals surface area contributed by atoms with Crippen LogP contribution in [0.25, 0.3) is 11.0 Å². The molecular weight excluding hydrogens is 406 g/mol. The van der Waals surface area contributed by atoms with Gasteiger partial charge in [-0.2, -0.15) is 0 Å². The van der Waals surface area contributed by atoms with Crippen LogP contribution in [0.4, 0.5) is 5.69 Å². The summed E-state index contributed by atoms with van der Waals surface area (Å²) >= 11 is 6.07. The molecule has 0 radical (unpaired) electrons. The molecule has 0 saturated heterocycles. The van der Waals surface area contributed by atoms with Crippen LogP contribution in [0.15, 0.2) is 34.9 Å². The number of hydrogen-bond donors (Lipinski definition) is 1. The first-order valence-electron chi connectivity index (χ1n) is 9.76. The van der Waals surface area contributed by atoms with Crippen LogP contribution in [-0.2, 0) is 33.6 Å². The van der Waals surface area contributed by atoms with E-state index in [0.29, 0.717) is 16.5 Å². The number of rotatable bonds is 6. The highest BCUT2D eigenvalue weighted by atomic mass is 35.5. The van der Waals surface area contributed by atoms with Crippen LogP contribution in [0.5, 0.6) is 5.75 Å². The van der Waals surface area contributed by atoms with Crippen molar-refractivity contribution in [3.8, 4) is 5.75 Å². The Hall–Kier alpha value is -2.99. The Morgan fingerprint density at radius 1 is 1.17 bits per heavy atom. The molecule has 0 unspecified atom stereocenters. The van der Waals surface area contributed by atoms with E-state index in [9.17, 15) is 9.59 Å². The van der Waals surface area contributed by atoms with Crippen molar-refractivity contribution in [1.29, 1.82) is 0 Å². The Kier molecular flexibility index (Phi) is 5.68. The summed E-state index contributed by atoms with van der Waals surface area (Å²) in [4.78, 5) is 24.5. The number of aryl methyl sites for hydroxylation is 3. The van der Waals surface area contributed by atoms with Gasteiger partial charge in [-0.05, 0) is 61.1 Å². The number of fused-ring (bicyclic) bond motifs is 2. The summed E-state index contributed by atoms with van der Waals surface area (Å²) < 4.78 is 16.0. The zero-order valence-corrected chi connectivity index (χ0v) is 17.6. The number of nitrogens with one attached hydrogen (secondary N) is 1. The third-order valence-electron chi connectivity index (χ3n) is 5.32. The van der Waals surface area contributed by atoms with Crippen molar-refractivity contribution in [2.24, 2.45) is 0 Å². The first-order chi connectivity index (χ1) is 14.4. The number of anilines is 1. The van der Waals surface area contributed by atoms with Gasteiger partial charge in [0, 0.05) is 22.0 Å². The summed E-state index contributed by atoms with van der Waals surface area (Å²) in [6.07, 6.45) is 4.89. The summed E-state index contributed by atoms with van der Waals surface area (Å²) in [6.45, 7) is 1.43. The minimum Gasteiger partial charge on any atom is -0.495 e. The average Bonchev–Trinajstić information content (AvgIpc) is 3.34. The number of amides is 1. The van der Waals surface area contributed by atoms with E-state index >= 15 is 0 Å². The van der Waals surface area contributed by atoms with E-state index in [2.05, 4.69) is 17.4 Å². The first kappa shape index (κ1) is 20.3. The Bertz CT molecular complexity index is 1130. The van der Waals surface area contributed by atoms with Gasteiger partial charge >= 0.3 is 5.97 Å². The molecule has 7 heteroatoms. The van der Waals surface area contributed by atoms with Gasteiger partial charge in [-0.25, -0.2) is 0 Å². The minimum absolute atomic E-state index is 0.0441. The molecule has 0 aliphatic heterocycles. The Balaban J connectivity index is 1.37. The lowest BCUT2D eigenvalue weighted by Crippen LogP contribution is -2.22. The van der Waals surface area contributed by atoms with E-state index < -0.39 is 18.5 Å². The van der Waals surface area contributed by atoms with Crippen LogP contribution >= 0.6 is 11.6 Å². The Morgan fingerprint density at radius 2 is 1.93 bits per heavy atom. The van der Waals surface area contributed by atoms with Gasteiger partial charge in [0.25, 0.3) is 5.91 Å².